The highest BCUT2D eigenvalue weighted by Crippen LogP contribution is 2.33. The number of aliphatic hydroxyl groups is 1. The molecule has 0 radical (unpaired) electrons. The smallest absolute Gasteiger partial charge is 0.150 e. The van der Waals surface area contributed by atoms with Crippen LogP contribution in [0.2, 0.25) is 0 Å². The lowest BCUT2D eigenvalue weighted by Gasteiger charge is -2.11. The molecular formula is C17H22N4O3. The highest BCUT2D eigenvalue weighted by atomic mass is 16.5. The Morgan fingerprint density at radius 1 is 1.33 bits per heavy atom. The third-order valence-corrected chi connectivity index (χ3v) is 3.73. The fourth-order valence-corrected chi connectivity index (χ4v) is 2.55. The van der Waals surface area contributed by atoms with Crippen LogP contribution in [0.3, 0.4) is 0 Å². The summed E-state index contributed by atoms with van der Waals surface area (Å²) in [6.07, 6.45) is 0.148. The number of nitrogens with two attached hydrogens (primary N) is 1. The van der Waals surface area contributed by atoms with E-state index in [1.807, 2.05) is 25.1 Å². The molecule has 2 heterocycles. The molecule has 7 nitrogen and oxygen atoms in total. The van der Waals surface area contributed by atoms with Crippen molar-refractivity contribution in [1.82, 2.24) is 15.0 Å². The molecule has 24 heavy (non-hydrogen) atoms. The molecule has 0 saturated carbocycles. The molecular weight excluding hydrogens is 308 g/mol. The van der Waals surface area contributed by atoms with E-state index in [-0.39, 0.29) is 0 Å². The second-order valence-electron chi connectivity index (χ2n) is 5.68. The van der Waals surface area contributed by atoms with Crippen LogP contribution in [0.5, 0.6) is 5.75 Å². The van der Waals surface area contributed by atoms with Crippen LogP contribution < -0.4 is 10.5 Å². The van der Waals surface area contributed by atoms with Crippen molar-refractivity contribution in [3.05, 3.63) is 24.0 Å². The van der Waals surface area contributed by atoms with E-state index < -0.39 is 6.10 Å². The lowest BCUT2D eigenvalue weighted by atomic mass is 10.1. The van der Waals surface area contributed by atoms with Gasteiger partial charge in [-0.15, -0.1) is 0 Å². The van der Waals surface area contributed by atoms with E-state index in [0.717, 1.165) is 16.4 Å². The first kappa shape index (κ1) is 16.5. The van der Waals surface area contributed by atoms with E-state index in [0.29, 0.717) is 49.1 Å². The Labute approximate surface area is 139 Å². The summed E-state index contributed by atoms with van der Waals surface area (Å²) < 4.78 is 11.3. The molecule has 0 spiro atoms. The lowest BCUT2D eigenvalue weighted by Crippen LogP contribution is -2.07. The van der Waals surface area contributed by atoms with Gasteiger partial charge in [-0.1, -0.05) is 6.07 Å². The number of benzene rings is 1. The fraction of sp³-hybridized carbons (Fsp3) is 0.412. The molecule has 1 unspecified atom stereocenters. The fourth-order valence-electron chi connectivity index (χ4n) is 2.55. The predicted molar refractivity (Wildman–Crippen MR) is 92.9 cm³/mol. The molecule has 0 aliphatic heterocycles. The number of hydrogen-bond acceptors (Lipinski definition) is 6. The summed E-state index contributed by atoms with van der Waals surface area (Å²) in [5.41, 5.74) is 8.19. The van der Waals surface area contributed by atoms with Crippen molar-refractivity contribution in [1.29, 1.82) is 0 Å². The number of H-pyrrole nitrogens is 1. The van der Waals surface area contributed by atoms with Gasteiger partial charge < -0.3 is 25.3 Å². The number of hydrogen-bond donors (Lipinski definition) is 3. The zero-order valence-electron chi connectivity index (χ0n) is 13.9. The van der Waals surface area contributed by atoms with Gasteiger partial charge in [0.25, 0.3) is 0 Å². The van der Waals surface area contributed by atoms with Crippen LogP contribution in [-0.4, -0.2) is 39.4 Å². The van der Waals surface area contributed by atoms with Crippen molar-refractivity contribution in [2.45, 2.75) is 33.0 Å². The summed E-state index contributed by atoms with van der Waals surface area (Å²) in [5, 5.41) is 10.2. The van der Waals surface area contributed by atoms with Crippen molar-refractivity contribution in [3.8, 4) is 5.75 Å². The molecule has 0 fully saturated rings. The van der Waals surface area contributed by atoms with E-state index in [4.69, 9.17) is 15.2 Å². The van der Waals surface area contributed by atoms with Gasteiger partial charge in [0.15, 0.2) is 0 Å². The quantitative estimate of drug-likeness (QED) is 0.614. The third-order valence-electron chi connectivity index (χ3n) is 3.73. The number of pyridine rings is 1. The van der Waals surface area contributed by atoms with Crippen LogP contribution in [0.1, 0.15) is 26.1 Å². The number of fused-ring (bicyclic) bond motifs is 3. The highest BCUT2D eigenvalue weighted by Gasteiger charge is 2.15. The number of anilines is 1. The second-order valence-corrected chi connectivity index (χ2v) is 5.68. The molecule has 0 saturated heterocycles. The molecule has 3 rings (SSSR count). The summed E-state index contributed by atoms with van der Waals surface area (Å²) in [4.78, 5) is 12.2. The molecule has 1 aromatic carbocycles. The molecule has 7 heteroatoms. The first-order valence-corrected chi connectivity index (χ1v) is 8.05. The first-order chi connectivity index (χ1) is 11.6. The van der Waals surface area contributed by atoms with Crippen LogP contribution in [0.25, 0.3) is 21.9 Å². The van der Waals surface area contributed by atoms with Crippen molar-refractivity contribution >= 4 is 27.8 Å². The normalized spacial score (nSPS) is 12.8. The summed E-state index contributed by atoms with van der Waals surface area (Å²) in [6.45, 7) is 5.08. The third kappa shape index (κ3) is 3.27. The molecule has 1 atom stereocenters. The number of nitrogens with one attached hydrogen (secondary N) is 1. The standard InChI is InChI=1S/C17H22N4O3/c1-3-23-9-13-20-15-14-11(19-17(18)16(15)21-13)5-4-6-12(14)24-8-7-10(2)22/h4-6,10,22H,3,7-9H2,1-2H3,(H2,18,19)(H,20,21). The van der Waals surface area contributed by atoms with Crippen molar-refractivity contribution in [3.63, 3.8) is 0 Å². The van der Waals surface area contributed by atoms with E-state index in [9.17, 15) is 5.11 Å². The number of aliphatic hydroxyl groups excluding tert-OH is 1. The maximum Gasteiger partial charge on any atom is 0.150 e. The molecule has 0 bridgehead atoms. The minimum Gasteiger partial charge on any atom is -0.493 e. The molecule has 2 aromatic heterocycles. The highest BCUT2D eigenvalue weighted by molar-refractivity contribution is 6.09. The lowest BCUT2D eigenvalue weighted by molar-refractivity contribution is 0.129. The summed E-state index contributed by atoms with van der Waals surface area (Å²) in [6, 6.07) is 5.62. The molecule has 128 valence electrons. The number of ether oxygens (including phenoxy) is 2. The molecule has 3 aromatic rings. The number of rotatable bonds is 7. The summed E-state index contributed by atoms with van der Waals surface area (Å²) >= 11 is 0. The average molecular weight is 330 g/mol. The molecule has 4 N–H and O–H groups in total. The Bertz CT molecular complexity index is 845. The maximum absolute atomic E-state index is 9.40. The Hall–Kier alpha value is -2.38. The van der Waals surface area contributed by atoms with Gasteiger partial charge in [0.2, 0.25) is 0 Å². The van der Waals surface area contributed by atoms with Gasteiger partial charge >= 0.3 is 0 Å². The number of nitrogens with zero attached hydrogens (tertiary/aromatic N) is 2. The van der Waals surface area contributed by atoms with Crippen LogP contribution in [0.15, 0.2) is 18.2 Å². The van der Waals surface area contributed by atoms with Crippen LogP contribution in [-0.2, 0) is 11.3 Å². The molecule has 0 aliphatic rings. The van der Waals surface area contributed by atoms with Crippen molar-refractivity contribution in [2.24, 2.45) is 0 Å². The zero-order chi connectivity index (χ0) is 17.1. The van der Waals surface area contributed by atoms with E-state index in [1.54, 1.807) is 6.92 Å². The van der Waals surface area contributed by atoms with Gasteiger partial charge in [0, 0.05) is 13.0 Å². The van der Waals surface area contributed by atoms with Gasteiger partial charge in [-0.25, -0.2) is 9.97 Å². The van der Waals surface area contributed by atoms with Crippen LogP contribution >= 0.6 is 0 Å². The summed E-state index contributed by atoms with van der Waals surface area (Å²) in [5.74, 6) is 1.78. The van der Waals surface area contributed by atoms with E-state index in [1.165, 1.54) is 0 Å². The van der Waals surface area contributed by atoms with E-state index in [2.05, 4.69) is 15.0 Å². The minimum atomic E-state index is -0.406. The van der Waals surface area contributed by atoms with Crippen LogP contribution in [0, 0.1) is 0 Å². The maximum atomic E-state index is 9.40. The molecule has 0 amide bonds. The Balaban J connectivity index is 2.07. The van der Waals surface area contributed by atoms with Gasteiger partial charge in [-0.3, -0.25) is 0 Å². The number of aromatic nitrogens is 3. The predicted octanol–water partition coefficient (Wildman–Crippen LogP) is 2.38. The number of nitrogen functional groups attached to an aromatic ring is 1. The SMILES string of the molecule is CCOCc1nc2c([nH]1)c(N)nc1cccc(OCCC(C)O)c12. The first-order valence-electron chi connectivity index (χ1n) is 8.05. The van der Waals surface area contributed by atoms with Crippen molar-refractivity contribution < 1.29 is 14.6 Å². The Morgan fingerprint density at radius 3 is 2.92 bits per heavy atom. The van der Waals surface area contributed by atoms with E-state index >= 15 is 0 Å². The monoisotopic (exact) mass is 330 g/mol. The van der Waals surface area contributed by atoms with Crippen molar-refractivity contribution in [2.75, 3.05) is 18.9 Å². The second kappa shape index (κ2) is 7.02. The zero-order valence-corrected chi connectivity index (χ0v) is 13.9. The minimum absolute atomic E-state index is 0.386. The van der Waals surface area contributed by atoms with Gasteiger partial charge in [-0.2, -0.15) is 0 Å². The largest absolute Gasteiger partial charge is 0.493 e. The Morgan fingerprint density at radius 2 is 2.17 bits per heavy atom. The summed E-state index contributed by atoms with van der Waals surface area (Å²) in [7, 11) is 0. The number of imidazole rings is 1. The molecule has 0 aliphatic carbocycles. The Kier molecular flexibility index (Phi) is 4.82. The number of aromatic amines is 1. The average Bonchev–Trinajstić information content (AvgIpc) is 2.97. The van der Waals surface area contributed by atoms with Gasteiger partial charge in [0.05, 0.1) is 23.6 Å². The van der Waals surface area contributed by atoms with Gasteiger partial charge in [-0.05, 0) is 26.0 Å². The van der Waals surface area contributed by atoms with Crippen LogP contribution in [0.4, 0.5) is 5.82 Å². The topological polar surface area (TPSA) is 106 Å². The van der Waals surface area contributed by atoms with Gasteiger partial charge in [0.1, 0.15) is 35.0 Å².